The van der Waals surface area contributed by atoms with Gasteiger partial charge in [0.15, 0.2) is 6.61 Å². The Morgan fingerprint density at radius 1 is 1.25 bits per heavy atom. The smallest absolute Gasteiger partial charge is 0.431 e. The summed E-state index contributed by atoms with van der Waals surface area (Å²) in [5.41, 5.74) is 1.44. The zero-order valence-electron chi connectivity index (χ0n) is 10.3. The van der Waals surface area contributed by atoms with Gasteiger partial charge in [0.05, 0.1) is 0 Å². The van der Waals surface area contributed by atoms with Crippen molar-refractivity contribution in [1.29, 1.82) is 0 Å². The second kappa shape index (κ2) is 7.05. The maximum Gasteiger partial charge on any atom is 0.431 e. The van der Waals surface area contributed by atoms with E-state index in [1.165, 1.54) is 0 Å². The van der Waals surface area contributed by atoms with E-state index in [2.05, 4.69) is 10.2 Å². The fourth-order valence-electron chi connectivity index (χ4n) is 0.775. The zero-order valence-corrected chi connectivity index (χ0v) is 10.3. The molecule has 0 aliphatic rings. The molecule has 0 heterocycles. The molecule has 16 heavy (non-hydrogen) atoms. The van der Waals surface area contributed by atoms with Crippen molar-refractivity contribution in [2.24, 2.45) is 0 Å². The Kier molecular flexibility index (Phi) is 6.48. The highest BCUT2D eigenvalue weighted by Gasteiger charge is 2.16. The lowest BCUT2D eigenvalue weighted by molar-refractivity contribution is -0.128. The summed E-state index contributed by atoms with van der Waals surface area (Å²) in [5.74, 6) is -0.280. The van der Waals surface area contributed by atoms with Crippen molar-refractivity contribution < 1.29 is 19.2 Å². The summed E-state index contributed by atoms with van der Waals surface area (Å²) in [6.07, 6.45) is 0.140. The summed E-state index contributed by atoms with van der Waals surface area (Å²) in [6, 6.07) is 0. The van der Waals surface area contributed by atoms with Crippen molar-refractivity contribution in [3.63, 3.8) is 0 Å². The van der Waals surface area contributed by atoms with Gasteiger partial charge in [0, 0.05) is 6.54 Å². The number of hydroxylamine groups is 1. The summed E-state index contributed by atoms with van der Waals surface area (Å²) in [4.78, 5) is 26.8. The molecule has 0 spiro atoms. The molecule has 0 aromatic carbocycles. The van der Waals surface area contributed by atoms with Crippen LogP contribution in [0.3, 0.4) is 0 Å². The summed E-state index contributed by atoms with van der Waals surface area (Å²) in [6.45, 7) is 7.52. The van der Waals surface area contributed by atoms with E-state index in [4.69, 9.17) is 4.74 Å². The lowest BCUT2D eigenvalue weighted by Crippen LogP contribution is -2.36. The summed E-state index contributed by atoms with van der Waals surface area (Å²) < 4.78 is 4.89. The van der Waals surface area contributed by atoms with Gasteiger partial charge in [0.1, 0.15) is 5.60 Å². The number of carbonyl (C=O) groups excluding carboxylic acids is 2. The van der Waals surface area contributed by atoms with E-state index in [1.54, 1.807) is 20.8 Å². The minimum absolute atomic E-state index is 0.223. The van der Waals surface area contributed by atoms with Crippen LogP contribution in [0.5, 0.6) is 0 Å². The number of nitrogens with one attached hydrogen (secondary N) is 2. The third-order valence-electron chi connectivity index (χ3n) is 1.33. The van der Waals surface area contributed by atoms with Crippen LogP contribution in [-0.2, 0) is 14.4 Å². The molecule has 2 N–H and O–H groups in total. The third-order valence-corrected chi connectivity index (χ3v) is 1.33. The summed E-state index contributed by atoms with van der Waals surface area (Å²) in [7, 11) is 0. The fraction of sp³-hybridized carbons (Fsp3) is 0.800. The Bertz CT molecular complexity index is 235. The SMILES string of the molecule is CCCNC(=O)CONC(=O)OC(C)(C)C. The van der Waals surface area contributed by atoms with Gasteiger partial charge in [-0.25, -0.2) is 4.79 Å². The molecule has 0 bridgehead atoms. The van der Waals surface area contributed by atoms with E-state index in [-0.39, 0.29) is 12.5 Å². The van der Waals surface area contributed by atoms with Crippen LogP contribution in [0.4, 0.5) is 4.79 Å². The van der Waals surface area contributed by atoms with Gasteiger partial charge in [-0.3, -0.25) is 9.63 Å². The average molecular weight is 232 g/mol. The zero-order chi connectivity index (χ0) is 12.6. The van der Waals surface area contributed by atoms with Crippen LogP contribution < -0.4 is 10.8 Å². The number of amides is 2. The fourth-order valence-corrected chi connectivity index (χ4v) is 0.775. The molecular formula is C10H20N2O4. The van der Waals surface area contributed by atoms with Crippen molar-refractivity contribution in [1.82, 2.24) is 10.8 Å². The number of rotatable bonds is 5. The van der Waals surface area contributed by atoms with Gasteiger partial charge in [-0.2, -0.15) is 5.48 Å². The molecule has 0 aromatic rings. The minimum atomic E-state index is -0.712. The first-order valence-electron chi connectivity index (χ1n) is 5.22. The van der Waals surface area contributed by atoms with Gasteiger partial charge < -0.3 is 10.1 Å². The van der Waals surface area contributed by atoms with Crippen molar-refractivity contribution in [3.8, 4) is 0 Å². The maximum atomic E-state index is 11.1. The van der Waals surface area contributed by atoms with Crippen molar-refractivity contribution in [2.75, 3.05) is 13.2 Å². The van der Waals surface area contributed by atoms with Crippen LogP contribution in [0.1, 0.15) is 34.1 Å². The van der Waals surface area contributed by atoms with Crippen LogP contribution in [0.25, 0.3) is 0 Å². The number of carbonyl (C=O) groups is 2. The highest BCUT2D eigenvalue weighted by atomic mass is 16.7. The van der Waals surface area contributed by atoms with Crippen LogP contribution in [0.2, 0.25) is 0 Å². The van der Waals surface area contributed by atoms with E-state index < -0.39 is 11.7 Å². The second-order valence-electron chi connectivity index (χ2n) is 4.24. The van der Waals surface area contributed by atoms with E-state index in [0.717, 1.165) is 6.42 Å². The standard InChI is InChI=1S/C10H20N2O4/c1-5-6-11-8(13)7-15-12-9(14)16-10(2,3)4/h5-7H2,1-4H3,(H,11,13)(H,12,14). The number of hydrogen-bond acceptors (Lipinski definition) is 4. The lowest BCUT2D eigenvalue weighted by Gasteiger charge is -2.19. The number of ether oxygens (including phenoxy) is 1. The molecule has 2 amide bonds. The van der Waals surface area contributed by atoms with Gasteiger partial charge in [-0.1, -0.05) is 6.92 Å². The van der Waals surface area contributed by atoms with E-state index in [9.17, 15) is 9.59 Å². The maximum absolute atomic E-state index is 11.1. The minimum Gasteiger partial charge on any atom is -0.442 e. The van der Waals surface area contributed by atoms with Crippen LogP contribution >= 0.6 is 0 Å². The first kappa shape index (κ1) is 14.7. The molecule has 0 saturated carbocycles. The Morgan fingerprint density at radius 3 is 2.38 bits per heavy atom. The van der Waals surface area contributed by atoms with Crippen molar-refractivity contribution in [3.05, 3.63) is 0 Å². The molecule has 0 unspecified atom stereocenters. The van der Waals surface area contributed by atoms with E-state index >= 15 is 0 Å². The van der Waals surface area contributed by atoms with Gasteiger partial charge in [-0.15, -0.1) is 0 Å². The molecule has 0 rings (SSSR count). The molecule has 6 heteroatoms. The third kappa shape index (κ3) is 9.26. The van der Waals surface area contributed by atoms with E-state index in [1.807, 2.05) is 12.4 Å². The highest BCUT2D eigenvalue weighted by molar-refractivity contribution is 5.77. The molecule has 0 aliphatic heterocycles. The molecule has 6 nitrogen and oxygen atoms in total. The van der Waals surface area contributed by atoms with Crippen molar-refractivity contribution in [2.45, 2.75) is 39.7 Å². The molecule has 0 atom stereocenters. The Balaban J connectivity index is 3.58. The molecular weight excluding hydrogens is 212 g/mol. The highest BCUT2D eigenvalue weighted by Crippen LogP contribution is 2.06. The number of hydrogen-bond donors (Lipinski definition) is 2. The quantitative estimate of drug-likeness (QED) is 0.692. The predicted molar refractivity (Wildman–Crippen MR) is 58.6 cm³/mol. The van der Waals surface area contributed by atoms with Gasteiger partial charge >= 0.3 is 6.09 Å². The van der Waals surface area contributed by atoms with Gasteiger partial charge in [0.25, 0.3) is 0 Å². The van der Waals surface area contributed by atoms with Gasteiger partial charge in [-0.05, 0) is 27.2 Å². The van der Waals surface area contributed by atoms with Gasteiger partial charge in [0.2, 0.25) is 5.91 Å². The normalized spacial score (nSPS) is 10.8. The Hall–Kier alpha value is -1.30. The van der Waals surface area contributed by atoms with Crippen LogP contribution in [-0.4, -0.2) is 30.8 Å². The topological polar surface area (TPSA) is 76.7 Å². The predicted octanol–water partition coefficient (Wildman–Crippen LogP) is 0.969. The first-order valence-corrected chi connectivity index (χ1v) is 5.22. The largest absolute Gasteiger partial charge is 0.442 e. The lowest BCUT2D eigenvalue weighted by atomic mass is 10.2. The summed E-state index contributed by atoms with van der Waals surface area (Å²) in [5, 5.41) is 2.60. The Labute approximate surface area is 95.6 Å². The van der Waals surface area contributed by atoms with Crippen LogP contribution in [0.15, 0.2) is 0 Å². The summed E-state index contributed by atoms with van der Waals surface area (Å²) >= 11 is 0. The second-order valence-corrected chi connectivity index (χ2v) is 4.24. The molecule has 0 saturated heterocycles. The monoisotopic (exact) mass is 232 g/mol. The average Bonchev–Trinajstić information content (AvgIpc) is 2.11. The molecule has 0 aromatic heterocycles. The first-order chi connectivity index (χ1) is 7.35. The van der Waals surface area contributed by atoms with Crippen LogP contribution in [0, 0.1) is 0 Å². The molecule has 0 fully saturated rings. The van der Waals surface area contributed by atoms with Crippen molar-refractivity contribution >= 4 is 12.0 Å². The Morgan fingerprint density at radius 2 is 1.88 bits per heavy atom. The molecule has 0 radical (unpaired) electrons. The van der Waals surface area contributed by atoms with E-state index in [0.29, 0.717) is 6.54 Å². The molecule has 0 aliphatic carbocycles. The molecule has 94 valence electrons.